The maximum atomic E-state index is 13.1. The lowest BCUT2D eigenvalue weighted by Crippen LogP contribution is -2.32. The maximum Gasteiger partial charge on any atom is 0.330 e. The first-order valence-electron chi connectivity index (χ1n) is 8.99. The van der Waals surface area contributed by atoms with E-state index in [-0.39, 0.29) is 23.2 Å². The topological polar surface area (TPSA) is 99.3 Å². The van der Waals surface area contributed by atoms with E-state index in [1.807, 2.05) is 6.07 Å². The number of sulfonamides is 1. The first-order valence-corrected chi connectivity index (χ1v) is 10.4. The van der Waals surface area contributed by atoms with Gasteiger partial charge < -0.3 is 4.74 Å². The van der Waals surface area contributed by atoms with Gasteiger partial charge in [-0.2, -0.15) is 4.31 Å². The van der Waals surface area contributed by atoms with Crippen LogP contribution in [-0.2, 0) is 21.3 Å². The molecule has 0 amide bonds. The fourth-order valence-electron chi connectivity index (χ4n) is 3.62. The van der Waals surface area contributed by atoms with Crippen LogP contribution >= 0.6 is 0 Å². The van der Waals surface area contributed by atoms with Gasteiger partial charge in [0, 0.05) is 38.8 Å². The van der Waals surface area contributed by atoms with Crippen molar-refractivity contribution in [1.82, 2.24) is 23.4 Å². The zero-order chi connectivity index (χ0) is 19.7. The fraction of sp³-hybridized carbons (Fsp3) is 0.389. The average Bonchev–Trinajstić information content (AvgIpc) is 3.30. The molecule has 0 aromatic carbocycles. The minimum Gasteiger partial charge on any atom is -0.383 e. The molecule has 28 heavy (non-hydrogen) atoms. The van der Waals surface area contributed by atoms with Crippen molar-refractivity contribution in [3.63, 3.8) is 0 Å². The van der Waals surface area contributed by atoms with Gasteiger partial charge in [0.1, 0.15) is 4.90 Å². The van der Waals surface area contributed by atoms with Crippen LogP contribution in [0.3, 0.4) is 0 Å². The van der Waals surface area contributed by atoms with Crippen LogP contribution in [0, 0.1) is 0 Å². The molecule has 1 atom stereocenters. The lowest BCUT2D eigenvalue weighted by atomic mass is 10.2. The molecule has 1 aliphatic heterocycles. The van der Waals surface area contributed by atoms with Crippen molar-refractivity contribution in [3.05, 3.63) is 53.3 Å². The van der Waals surface area contributed by atoms with E-state index in [4.69, 9.17) is 4.74 Å². The standard InChI is InChI=1S/C18H21N5O4S/c1-27-11-10-22-16-5-3-8-20-17(16)23(18(22)24)14-6-9-21(13-14)28(25,26)15-4-2-7-19-12-15/h2-5,7-8,12,14H,6,9-11,13H2,1H3/t14-/m1/s1. The fourth-order valence-corrected chi connectivity index (χ4v) is 5.08. The van der Waals surface area contributed by atoms with Crippen LogP contribution in [0.1, 0.15) is 12.5 Å². The van der Waals surface area contributed by atoms with Gasteiger partial charge in [-0.25, -0.2) is 18.2 Å². The number of aromatic nitrogens is 4. The Kier molecular flexibility index (Phi) is 5.00. The molecule has 0 spiro atoms. The van der Waals surface area contributed by atoms with Crippen LogP contribution in [0.5, 0.6) is 0 Å². The van der Waals surface area contributed by atoms with Crippen LogP contribution < -0.4 is 5.69 Å². The molecule has 0 N–H and O–H groups in total. The van der Waals surface area contributed by atoms with Gasteiger partial charge in [0.2, 0.25) is 10.0 Å². The van der Waals surface area contributed by atoms with E-state index in [0.717, 1.165) is 5.52 Å². The Balaban J connectivity index is 1.69. The van der Waals surface area contributed by atoms with E-state index >= 15 is 0 Å². The lowest BCUT2D eigenvalue weighted by molar-refractivity contribution is 0.187. The number of pyridine rings is 2. The van der Waals surface area contributed by atoms with Crippen LogP contribution in [0.4, 0.5) is 0 Å². The highest BCUT2D eigenvalue weighted by Gasteiger charge is 2.35. The van der Waals surface area contributed by atoms with Crippen molar-refractivity contribution in [2.24, 2.45) is 0 Å². The number of methoxy groups -OCH3 is 1. The largest absolute Gasteiger partial charge is 0.383 e. The van der Waals surface area contributed by atoms with Crippen LogP contribution in [0.15, 0.2) is 52.5 Å². The molecule has 4 rings (SSSR count). The monoisotopic (exact) mass is 403 g/mol. The van der Waals surface area contributed by atoms with Gasteiger partial charge >= 0.3 is 5.69 Å². The van der Waals surface area contributed by atoms with E-state index < -0.39 is 10.0 Å². The second kappa shape index (κ2) is 7.46. The predicted molar refractivity (Wildman–Crippen MR) is 103 cm³/mol. The highest BCUT2D eigenvalue weighted by atomic mass is 32.2. The maximum absolute atomic E-state index is 13.1. The second-order valence-electron chi connectivity index (χ2n) is 6.64. The van der Waals surface area contributed by atoms with Gasteiger partial charge in [-0.15, -0.1) is 0 Å². The molecular formula is C18H21N5O4S. The van der Waals surface area contributed by atoms with Crippen molar-refractivity contribution in [1.29, 1.82) is 0 Å². The molecular weight excluding hydrogens is 382 g/mol. The summed E-state index contributed by atoms with van der Waals surface area (Å²) in [5.41, 5.74) is 1.09. The molecule has 1 aliphatic rings. The minimum absolute atomic E-state index is 0.156. The summed E-state index contributed by atoms with van der Waals surface area (Å²) in [6, 6.07) is 6.47. The Labute approximate surface area is 162 Å². The van der Waals surface area contributed by atoms with Gasteiger partial charge in [-0.1, -0.05) is 0 Å². The SMILES string of the molecule is COCCn1c(=O)n([C@@H]2CCN(S(=O)(=O)c3cccnc3)C2)c2ncccc21. The molecule has 4 heterocycles. The minimum atomic E-state index is -3.64. The van der Waals surface area contributed by atoms with Gasteiger partial charge in [0.15, 0.2) is 5.65 Å². The second-order valence-corrected chi connectivity index (χ2v) is 8.58. The smallest absolute Gasteiger partial charge is 0.330 e. The van der Waals surface area contributed by atoms with E-state index in [2.05, 4.69) is 9.97 Å². The van der Waals surface area contributed by atoms with Gasteiger partial charge in [0.25, 0.3) is 0 Å². The zero-order valence-corrected chi connectivity index (χ0v) is 16.2. The first kappa shape index (κ1) is 18.8. The molecule has 148 valence electrons. The Morgan fingerprint density at radius 1 is 1.25 bits per heavy atom. The molecule has 0 aliphatic carbocycles. The Bertz CT molecular complexity index is 1140. The molecule has 9 nitrogen and oxygen atoms in total. The first-order chi connectivity index (χ1) is 13.5. The number of fused-ring (bicyclic) bond motifs is 1. The molecule has 1 saturated heterocycles. The van der Waals surface area contributed by atoms with E-state index in [1.54, 1.807) is 34.6 Å². The molecule has 3 aromatic heterocycles. The van der Waals surface area contributed by atoms with Crippen LogP contribution in [0.25, 0.3) is 11.2 Å². The number of hydrogen-bond donors (Lipinski definition) is 0. The molecule has 0 bridgehead atoms. The third-order valence-corrected chi connectivity index (χ3v) is 6.85. The molecule has 1 fully saturated rings. The quantitative estimate of drug-likeness (QED) is 0.606. The molecule has 3 aromatic rings. The zero-order valence-electron chi connectivity index (χ0n) is 15.4. The summed E-state index contributed by atoms with van der Waals surface area (Å²) in [6.07, 6.45) is 5.05. The van der Waals surface area contributed by atoms with Gasteiger partial charge in [0.05, 0.1) is 24.7 Å². The predicted octanol–water partition coefficient (Wildman–Crippen LogP) is 0.875. The third-order valence-electron chi connectivity index (χ3n) is 5.00. The summed E-state index contributed by atoms with van der Waals surface area (Å²) in [5.74, 6) is 0. The van der Waals surface area contributed by atoms with E-state index in [9.17, 15) is 13.2 Å². The lowest BCUT2D eigenvalue weighted by Gasteiger charge is -2.16. The van der Waals surface area contributed by atoms with Crippen molar-refractivity contribution in [2.75, 3.05) is 26.8 Å². The van der Waals surface area contributed by atoms with E-state index in [0.29, 0.717) is 31.8 Å². The molecule has 0 radical (unpaired) electrons. The molecule has 0 unspecified atom stereocenters. The van der Waals surface area contributed by atoms with Crippen molar-refractivity contribution < 1.29 is 13.2 Å². The Hall–Kier alpha value is -2.56. The number of nitrogens with zero attached hydrogens (tertiary/aromatic N) is 5. The summed E-state index contributed by atoms with van der Waals surface area (Å²) < 4.78 is 35.5. The van der Waals surface area contributed by atoms with Crippen molar-refractivity contribution >= 4 is 21.2 Å². The summed E-state index contributed by atoms with van der Waals surface area (Å²) in [4.78, 5) is 21.5. The number of imidazole rings is 1. The Morgan fingerprint density at radius 2 is 2.07 bits per heavy atom. The van der Waals surface area contributed by atoms with Crippen LogP contribution in [-0.4, -0.2) is 58.6 Å². The normalized spacial score (nSPS) is 18.1. The summed E-state index contributed by atoms with van der Waals surface area (Å²) >= 11 is 0. The number of rotatable bonds is 6. The average molecular weight is 403 g/mol. The summed E-state index contributed by atoms with van der Waals surface area (Å²) in [6.45, 7) is 1.37. The Morgan fingerprint density at radius 3 is 2.82 bits per heavy atom. The molecule has 10 heteroatoms. The van der Waals surface area contributed by atoms with Gasteiger partial charge in [-0.05, 0) is 30.7 Å². The highest BCUT2D eigenvalue weighted by molar-refractivity contribution is 7.89. The number of ether oxygens (including phenoxy) is 1. The van der Waals surface area contributed by atoms with Crippen molar-refractivity contribution in [2.45, 2.75) is 23.9 Å². The van der Waals surface area contributed by atoms with Crippen molar-refractivity contribution in [3.8, 4) is 0 Å². The van der Waals surface area contributed by atoms with Gasteiger partial charge in [-0.3, -0.25) is 14.1 Å². The highest BCUT2D eigenvalue weighted by Crippen LogP contribution is 2.28. The third kappa shape index (κ3) is 3.13. The number of hydrogen-bond acceptors (Lipinski definition) is 6. The summed E-state index contributed by atoms with van der Waals surface area (Å²) in [5, 5.41) is 0. The molecule has 0 saturated carbocycles. The summed E-state index contributed by atoms with van der Waals surface area (Å²) in [7, 11) is -2.06. The van der Waals surface area contributed by atoms with E-state index in [1.165, 1.54) is 22.8 Å². The van der Waals surface area contributed by atoms with Crippen LogP contribution in [0.2, 0.25) is 0 Å².